The highest BCUT2D eigenvalue weighted by Gasteiger charge is 2.41. The van der Waals surface area contributed by atoms with Gasteiger partial charge < -0.3 is 20.5 Å². The van der Waals surface area contributed by atoms with Crippen LogP contribution in [0.15, 0.2) is 0 Å². The third kappa shape index (κ3) is 3.85. The largest absolute Gasteiger partial charge is 0.444 e. The number of aliphatic hydroxyl groups is 1. The van der Waals surface area contributed by atoms with Crippen LogP contribution < -0.4 is 10.6 Å². The van der Waals surface area contributed by atoms with Gasteiger partial charge in [0, 0.05) is 13.1 Å². The number of nitrogens with one attached hydrogen (secondary N) is 2. The van der Waals surface area contributed by atoms with Gasteiger partial charge in [0.15, 0.2) is 0 Å². The number of rotatable bonds is 1. The zero-order valence-corrected chi connectivity index (χ0v) is 11.3. The third-order valence-corrected chi connectivity index (χ3v) is 3.19. The van der Waals surface area contributed by atoms with E-state index in [2.05, 4.69) is 10.6 Å². The number of carbonyl (C=O) groups is 1. The fourth-order valence-corrected chi connectivity index (χ4v) is 1.85. The van der Waals surface area contributed by atoms with Crippen LogP contribution in [0.4, 0.5) is 4.79 Å². The van der Waals surface area contributed by atoms with E-state index in [-0.39, 0.29) is 12.0 Å². The van der Waals surface area contributed by atoms with Crippen molar-refractivity contribution in [2.75, 3.05) is 13.1 Å². The molecule has 1 fully saturated rings. The topological polar surface area (TPSA) is 70.6 Å². The lowest BCUT2D eigenvalue weighted by molar-refractivity contribution is -0.0469. The first-order chi connectivity index (χ1) is 7.63. The van der Waals surface area contributed by atoms with E-state index in [0.29, 0.717) is 6.54 Å². The molecular weight excluding hydrogens is 220 g/mol. The zero-order chi connectivity index (χ0) is 13.3. The van der Waals surface area contributed by atoms with Crippen LogP contribution in [0.3, 0.4) is 0 Å². The molecule has 1 aliphatic rings. The number of piperidine rings is 1. The second kappa shape index (κ2) is 4.82. The van der Waals surface area contributed by atoms with E-state index in [9.17, 15) is 9.90 Å². The Morgan fingerprint density at radius 1 is 1.47 bits per heavy atom. The Morgan fingerprint density at radius 2 is 2.06 bits per heavy atom. The summed E-state index contributed by atoms with van der Waals surface area (Å²) < 4.78 is 5.18. The number of ether oxygens (including phenoxy) is 1. The van der Waals surface area contributed by atoms with Gasteiger partial charge >= 0.3 is 6.09 Å². The van der Waals surface area contributed by atoms with Gasteiger partial charge in [-0.1, -0.05) is 6.92 Å². The number of amides is 1. The number of hydrogen-bond donors (Lipinski definition) is 3. The minimum atomic E-state index is -0.915. The van der Waals surface area contributed by atoms with Crippen LogP contribution in [0.25, 0.3) is 0 Å². The van der Waals surface area contributed by atoms with E-state index in [1.165, 1.54) is 0 Å². The van der Waals surface area contributed by atoms with Gasteiger partial charge in [-0.3, -0.25) is 0 Å². The average molecular weight is 244 g/mol. The quantitative estimate of drug-likeness (QED) is 0.640. The average Bonchev–Trinajstić information content (AvgIpc) is 2.10. The smallest absolute Gasteiger partial charge is 0.408 e. The number of carbonyl (C=O) groups excluding carboxylic acids is 1. The van der Waals surface area contributed by atoms with Crippen LogP contribution in [-0.4, -0.2) is 41.5 Å². The van der Waals surface area contributed by atoms with E-state index in [0.717, 1.165) is 6.54 Å². The molecule has 1 rings (SSSR count). The van der Waals surface area contributed by atoms with E-state index in [4.69, 9.17) is 4.74 Å². The zero-order valence-electron chi connectivity index (χ0n) is 11.3. The summed E-state index contributed by atoms with van der Waals surface area (Å²) in [6, 6.07) is -0.332. The number of hydrogen-bond acceptors (Lipinski definition) is 4. The molecule has 0 aromatic carbocycles. The van der Waals surface area contributed by atoms with Crippen LogP contribution in [-0.2, 0) is 4.74 Å². The molecule has 0 aromatic rings. The highest BCUT2D eigenvalue weighted by atomic mass is 16.6. The Hall–Kier alpha value is -0.810. The summed E-state index contributed by atoms with van der Waals surface area (Å²) in [6.45, 7) is 10.4. The van der Waals surface area contributed by atoms with Crippen LogP contribution in [0.1, 0.15) is 34.6 Å². The van der Waals surface area contributed by atoms with Gasteiger partial charge in [0.25, 0.3) is 0 Å². The molecule has 1 heterocycles. The molecule has 5 nitrogen and oxygen atoms in total. The van der Waals surface area contributed by atoms with E-state index >= 15 is 0 Å². The van der Waals surface area contributed by atoms with Crippen molar-refractivity contribution >= 4 is 6.09 Å². The summed E-state index contributed by atoms with van der Waals surface area (Å²) >= 11 is 0. The van der Waals surface area contributed by atoms with Crippen LogP contribution in [0.2, 0.25) is 0 Å². The Balaban J connectivity index is 2.58. The van der Waals surface area contributed by atoms with Crippen molar-refractivity contribution in [2.45, 2.75) is 51.9 Å². The summed E-state index contributed by atoms with van der Waals surface area (Å²) in [7, 11) is 0. The highest BCUT2D eigenvalue weighted by molar-refractivity contribution is 5.68. The summed E-state index contributed by atoms with van der Waals surface area (Å²) in [5.74, 6) is 0.0798. The molecule has 1 saturated heterocycles. The fraction of sp³-hybridized carbons (Fsp3) is 0.917. The standard InChI is InChI=1S/C12H24N2O3/c1-8-6-13-7-9(12(8,5)16)14-10(15)17-11(2,3)4/h8-9,13,16H,6-7H2,1-5H3,(H,14,15)/t8?,9-,12?/m1/s1. The molecule has 0 bridgehead atoms. The van der Waals surface area contributed by atoms with Gasteiger partial charge in [0.1, 0.15) is 5.60 Å². The first-order valence-electron chi connectivity index (χ1n) is 6.05. The second-order valence-corrected chi connectivity index (χ2v) is 5.98. The van der Waals surface area contributed by atoms with E-state index in [1.54, 1.807) is 6.92 Å². The predicted molar refractivity (Wildman–Crippen MR) is 65.8 cm³/mol. The molecule has 0 spiro atoms. The van der Waals surface area contributed by atoms with Gasteiger partial charge in [-0.05, 0) is 33.6 Å². The second-order valence-electron chi connectivity index (χ2n) is 5.98. The van der Waals surface area contributed by atoms with Gasteiger partial charge in [-0.2, -0.15) is 0 Å². The maximum atomic E-state index is 11.6. The van der Waals surface area contributed by atoms with Crippen LogP contribution >= 0.6 is 0 Å². The van der Waals surface area contributed by atoms with Crippen LogP contribution in [0.5, 0.6) is 0 Å². The summed E-state index contributed by atoms with van der Waals surface area (Å²) in [5, 5.41) is 16.2. The fourth-order valence-electron chi connectivity index (χ4n) is 1.85. The monoisotopic (exact) mass is 244 g/mol. The summed E-state index contributed by atoms with van der Waals surface area (Å²) in [4.78, 5) is 11.6. The lowest BCUT2D eigenvalue weighted by Gasteiger charge is -2.42. The van der Waals surface area contributed by atoms with Crippen molar-refractivity contribution < 1.29 is 14.6 Å². The molecule has 3 N–H and O–H groups in total. The Kier molecular flexibility index (Phi) is 4.04. The molecule has 1 aliphatic heterocycles. The maximum absolute atomic E-state index is 11.6. The maximum Gasteiger partial charge on any atom is 0.408 e. The Morgan fingerprint density at radius 3 is 2.59 bits per heavy atom. The Labute approximate surface area is 103 Å². The van der Waals surface area contributed by atoms with Crippen molar-refractivity contribution in [1.29, 1.82) is 0 Å². The molecule has 2 unspecified atom stereocenters. The number of alkyl carbamates (subject to hydrolysis) is 1. The lowest BCUT2D eigenvalue weighted by atomic mass is 9.81. The SMILES string of the molecule is CC1CNC[C@@H](NC(=O)OC(C)(C)C)C1(C)O. The molecule has 3 atom stereocenters. The van der Waals surface area contributed by atoms with Gasteiger partial charge in [-0.15, -0.1) is 0 Å². The predicted octanol–water partition coefficient (Wildman–Crippen LogP) is 0.870. The molecular formula is C12H24N2O3. The van der Waals surface area contributed by atoms with Gasteiger partial charge in [-0.25, -0.2) is 4.79 Å². The third-order valence-electron chi connectivity index (χ3n) is 3.19. The lowest BCUT2D eigenvalue weighted by Crippen LogP contribution is -2.64. The molecule has 0 radical (unpaired) electrons. The summed E-state index contributed by atoms with van der Waals surface area (Å²) in [6.07, 6.45) is -0.487. The van der Waals surface area contributed by atoms with Crippen LogP contribution in [0, 0.1) is 5.92 Å². The molecule has 1 amide bonds. The van der Waals surface area contributed by atoms with Crippen molar-refractivity contribution in [3.8, 4) is 0 Å². The highest BCUT2D eigenvalue weighted by Crippen LogP contribution is 2.24. The molecule has 0 saturated carbocycles. The van der Waals surface area contributed by atoms with Crippen molar-refractivity contribution in [1.82, 2.24) is 10.6 Å². The normalized spacial score (nSPS) is 34.2. The molecule has 17 heavy (non-hydrogen) atoms. The molecule has 5 heteroatoms. The Bertz CT molecular complexity index is 284. The minimum Gasteiger partial charge on any atom is -0.444 e. The molecule has 0 aromatic heterocycles. The minimum absolute atomic E-state index is 0.0798. The van der Waals surface area contributed by atoms with Crippen molar-refractivity contribution in [3.63, 3.8) is 0 Å². The van der Waals surface area contributed by atoms with E-state index < -0.39 is 17.3 Å². The van der Waals surface area contributed by atoms with Gasteiger partial charge in [0.05, 0.1) is 11.6 Å². The molecule has 0 aliphatic carbocycles. The first-order valence-corrected chi connectivity index (χ1v) is 6.05. The summed E-state index contributed by atoms with van der Waals surface area (Å²) in [5.41, 5.74) is -1.44. The molecule has 100 valence electrons. The van der Waals surface area contributed by atoms with Crippen molar-refractivity contribution in [2.24, 2.45) is 5.92 Å². The van der Waals surface area contributed by atoms with Crippen molar-refractivity contribution in [3.05, 3.63) is 0 Å². The first kappa shape index (κ1) is 14.3. The van der Waals surface area contributed by atoms with Gasteiger partial charge in [0.2, 0.25) is 0 Å². The van der Waals surface area contributed by atoms with E-state index in [1.807, 2.05) is 27.7 Å².